The predicted molar refractivity (Wildman–Crippen MR) is 50.4 cm³/mol. The van der Waals surface area contributed by atoms with Gasteiger partial charge < -0.3 is 14.4 Å². The van der Waals surface area contributed by atoms with Gasteiger partial charge in [0.1, 0.15) is 0 Å². The third-order valence-corrected chi connectivity index (χ3v) is 1.55. The number of hydrogen-bond acceptors (Lipinski definition) is 3. The van der Waals surface area contributed by atoms with Crippen LogP contribution >= 0.6 is 0 Å². The first kappa shape index (κ1) is 12.4. The molecule has 0 aromatic carbocycles. The molecule has 0 atom stereocenters. The van der Waals surface area contributed by atoms with Gasteiger partial charge in [-0.05, 0) is 13.8 Å². The van der Waals surface area contributed by atoms with Crippen molar-refractivity contribution < 1.29 is 14.3 Å². The van der Waals surface area contributed by atoms with Gasteiger partial charge in [-0.3, -0.25) is 4.79 Å². The molecule has 13 heavy (non-hydrogen) atoms. The first-order valence-corrected chi connectivity index (χ1v) is 4.55. The molecule has 4 heteroatoms. The van der Waals surface area contributed by atoms with E-state index in [0.717, 1.165) is 0 Å². The molecule has 0 aromatic rings. The number of hydrogen-bond donors (Lipinski definition) is 0. The molecular formula is C9H19NO3. The maximum absolute atomic E-state index is 11.3. The highest BCUT2D eigenvalue weighted by molar-refractivity contribution is 5.75. The van der Waals surface area contributed by atoms with Crippen LogP contribution in [-0.2, 0) is 14.3 Å². The Morgan fingerprint density at radius 2 is 1.69 bits per heavy atom. The van der Waals surface area contributed by atoms with E-state index in [0.29, 0.717) is 13.2 Å². The lowest BCUT2D eigenvalue weighted by molar-refractivity contribution is -0.158. The van der Waals surface area contributed by atoms with Crippen molar-refractivity contribution in [2.75, 3.05) is 27.3 Å². The molecular weight excluding hydrogens is 170 g/mol. The molecule has 0 fully saturated rings. The summed E-state index contributed by atoms with van der Waals surface area (Å²) < 4.78 is 10.5. The second-order valence-electron chi connectivity index (χ2n) is 2.83. The SMILES string of the molecule is CCOC(CC(=O)N(C)C)OCC. The molecule has 0 rings (SSSR count). The van der Waals surface area contributed by atoms with Gasteiger partial charge in [-0.1, -0.05) is 0 Å². The second-order valence-corrected chi connectivity index (χ2v) is 2.83. The van der Waals surface area contributed by atoms with Crippen LogP contribution in [0.5, 0.6) is 0 Å². The fourth-order valence-corrected chi connectivity index (χ4v) is 0.863. The summed E-state index contributed by atoms with van der Waals surface area (Å²) in [6.07, 6.45) is -0.112. The van der Waals surface area contributed by atoms with E-state index in [1.807, 2.05) is 13.8 Å². The average Bonchev–Trinajstić information content (AvgIpc) is 2.05. The molecule has 0 radical (unpaired) electrons. The maximum atomic E-state index is 11.3. The predicted octanol–water partition coefficient (Wildman–Crippen LogP) is 0.864. The molecule has 0 aromatic heterocycles. The average molecular weight is 189 g/mol. The zero-order chi connectivity index (χ0) is 10.3. The lowest BCUT2D eigenvalue weighted by Crippen LogP contribution is -2.29. The van der Waals surface area contributed by atoms with E-state index in [4.69, 9.17) is 9.47 Å². The van der Waals surface area contributed by atoms with Crippen molar-refractivity contribution in [2.45, 2.75) is 26.6 Å². The third-order valence-electron chi connectivity index (χ3n) is 1.55. The number of amides is 1. The third kappa shape index (κ3) is 5.60. The van der Waals surface area contributed by atoms with Crippen molar-refractivity contribution in [3.05, 3.63) is 0 Å². The zero-order valence-corrected chi connectivity index (χ0v) is 8.87. The van der Waals surface area contributed by atoms with Crippen molar-refractivity contribution in [2.24, 2.45) is 0 Å². The Kier molecular flexibility index (Phi) is 6.54. The summed E-state index contributed by atoms with van der Waals surface area (Å²) >= 11 is 0. The Hall–Kier alpha value is -0.610. The van der Waals surface area contributed by atoms with E-state index >= 15 is 0 Å². The van der Waals surface area contributed by atoms with Crippen LogP contribution in [0.15, 0.2) is 0 Å². The molecule has 78 valence electrons. The van der Waals surface area contributed by atoms with Crippen LogP contribution in [0.25, 0.3) is 0 Å². The largest absolute Gasteiger partial charge is 0.352 e. The van der Waals surface area contributed by atoms with Crippen LogP contribution < -0.4 is 0 Å². The van der Waals surface area contributed by atoms with Gasteiger partial charge in [-0.15, -0.1) is 0 Å². The Bertz CT molecular complexity index is 142. The van der Waals surface area contributed by atoms with Gasteiger partial charge in [0.2, 0.25) is 5.91 Å². The number of rotatable bonds is 6. The lowest BCUT2D eigenvalue weighted by Gasteiger charge is -2.18. The zero-order valence-electron chi connectivity index (χ0n) is 8.87. The maximum Gasteiger partial charge on any atom is 0.227 e. The van der Waals surface area contributed by atoms with E-state index in [9.17, 15) is 4.79 Å². The number of carbonyl (C=O) groups is 1. The van der Waals surface area contributed by atoms with Crippen LogP contribution in [0.3, 0.4) is 0 Å². The highest BCUT2D eigenvalue weighted by atomic mass is 16.7. The fourth-order valence-electron chi connectivity index (χ4n) is 0.863. The Balaban J connectivity index is 3.86. The summed E-state index contributed by atoms with van der Waals surface area (Å²) in [5, 5.41) is 0. The summed E-state index contributed by atoms with van der Waals surface area (Å²) in [7, 11) is 3.44. The fraction of sp³-hybridized carbons (Fsp3) is 0.889. The molecule has 0 N–H and O–H groups in total. The first-order valence-electron chi connectivity index (χ1n) is 4.55. The molecule has 0 aliphatic carbocycles. The van der Waals surface area contributed by atoms with Gasteiger partial charge in [0.15, 0.2) is 6.29 Å². The Labute approximate surface area is 79.8 Å². The number of ether oxygens (including phenoxy) is 2. The molecule has 0 aliphatic heterocycles. The second kappa shape index (κ2) is 6.86. The van der Waals surface area contributed by atoms with E-state index in [1.165, 1.54) is 4.90 Å². The van der Waals surface area contributed by atoms with Gasteiger partial charge in [0.05, 0.1) is 6.42 Å². The van der Waals surface area contributed by atoms with Crippen molar-refractivity contribution in [1.29, 1.82) is 0 Å². The van der Waals surface area contributed by atoms with Crippen molar-refractivity contribution in [1.82, 2.24) is 4.90 Å². The molecule has 0 unspecified atom stereocenters. The van der Waals surface area contributed by atoms with E-state index in [2.05, 4.69) is 0 Å². The molecule has 0 saturated heterocycles. The monoisotopic (exact) mass is 189 g/mol. The first-order chi connectivity index (χ1) is 6.11. The summed E-state index contributed by atoms with van der Waals surface area (Å²) in [4.78, 5) is 12.8. The highest BCUT2D eigenvalue weighted by Crippen LogP contribution is 2.02. The summed E-state index contributed by atoms with van der Waals surface area (Å²) in [5.41, 5.74) is 0. The van der Waals surface area contributed by atoms with E-state index in [1.54, 1.807) is 14.1 Å². The molecule has 0 spiro atoms. The van der Waals surface area contributed by atoms with Crippen LogP contribution in [0, 0.1) is 0 Å². The number of nitrogens with zero attached hydrogens (tertiary/aromatic N) is 1. The smallest absolute Gasteiger partial charge is 0.227 e. The molecule has 4 nitrogen and oxygen atoms in total. The van der Waals surface area contributed by atoms with Gasteiger partial charge in [-0.2, -0.15) is 0 Å². The minimum atomic E-state index is -0.398. The number of carbonyl (C=O) groups excluding carboxylic acids is 1. The van der Waals surface area contributed by atoms with Gasteiger partial charge >= 0.3 is 0 Å². The summed E-state index contributed by atoms with van der Waals surface area (Å²) in [5.74, 6) is 0.0203. The van der Waals surface area contributed by atoms with Crippen LogP contribution in [0.1, 0.15) is 20.3 Å². The Morgan fingerprint density at radius 3 is 2.00 bits per heavy atom. The van der Waals surface area contributed by atoms with Crippen LogP contribution in [0.2, 0.25) is 0 Å². The quantitative estimate of drug-likeness (QED) is 0.582. The normalized spacial score (nSPS) is 10.5. The minimum Gasteiger partial charge on any atom is -0.352 e. The minimum absolute atomic E-state index is 0.0203. The van der Waals surface area contributed by atoms with Crippen LogP contribution in [-0.4, -0.2) is 44.4 Å². The van der Waals surface area contributed by atoms with Gasteiger partial charge in [0, 0.05) is 27.3 Å². The lowest BCUT2D eigenvalue weighted by atomic mass is 10.3. The molecule has 0 heterocycles. The van der Waals surface area contributed by atoms with E-state index < -0.39 is 6.29 Å². The summed E-state index contributed by atoms with van der Waals surface area (Å²) in [6.45, 7) is 4.88. The van der Waals surface area contributed by atoms with Crippen molar-refractivity contribution in [3.63, 3.8) is 0 Å². The topological polar surface area (TPSA) is 38.8 Å². The van der Waals surface area contributed by atoms with Crippen molar-refractivity contribution >= 4 is 5.91 Å². The van der Waals surface area contributed by atoms with Crippen molar-refractivity contribution in [3.8, 4) is 0 Å². The van der Waals surface area contributed by atoms with Crippen LogP contribution in [0.4, 0.5) is 0 Å². The Morgan fingerprint density at radius 1 is 1.23 bits per heavy atom. The van der Waals surface area contributed by atoms with E-state index in [-0.39, 0.29) is 12.3 Å². The highest BCUT2D eigenvalue weighted by Gasteiger charge is 2.14. The van der Waals surface area contributed by atoms with Gasteiger partial charge in [0.25, 0.3) is 0 Å². The molecule has 0 saturated carbocycles. The molecule has 0 aliphatic rings. The molecule has 1 amide bonds. The summed E-state index contributed by atoms with van der Waals surface area (Å²) in [6, 6.07) is 0. The standard InChI is InChI=1S/C9H19NO3/c1-5-12-9(13-6-2)7-8(11)10(3)4/h9H,5-7H2,1-4H3. The molecule has 0 bridgehead atoms. The van der Waals surface area contributed by atoms with Gasteiger partial charge in [-0.25, -0.2) is 0 Å².